The van der Waals surface area contributed by atoms with Gasteiger partial charge in [0.1, 0.15) is 6.61 Å². The van der Waals surface area contributed by atoms with Crippen LogP contribution in [-0.4, -0.2) is 37.9 Å². The minimum atomic E-state index is -0.527. The smallest absolute Gasteiger partial charge is 0.306 e. The second kappa shape index (κ2) is 35.9. The molecule has 0 aromatic heterocycles. The average Bonchev–Trinajstić information content (AvgIpc) is 3.02. The van der Waals surface area contributed by atoms with Crippen molar-refractivity contribution in [1.29, 1.82) is 0 Å². The first-order valence-electron chi connectivity index (χ1n) is 18.9. The summed E-state index contributed by atoms with van der Waals surface area (Å²) in [5.74, 6) is -0.425. The topological polar surface area (TPSA) is 61.8 Å². The van der Waals surface area contributed by atoms with E-state index in [1.54, 1.807) is 0 Å². The average molecular weight is 621 g/mol. The van der Waals surface area contributed by atoms with Crippen molar-refractivity contribution in [3.05, 3.63) is 24.3 Å². The maximum absolute atomic E-state index is 12.4. The highest BCUT2D eigenvalue weighted by atomic mass is 16.6. The molecule has 5 nitrogen and oxygen atoms in total. The molecule has 0 aromatic carbocycles. The van der Waals surface area contributed by atoms with Crippen LogP contribution in [-0.2, 0) is 23.8 Å². The molecule has 0 spiro atoms. The molecule has 0 amide bonds. The summed E-state index contributed by atoms with van der Waals surface area (Å²) in [5, 5.41) is 0. The van der Waals surface area contributed by atoms with Crippen LogP contribution in [0.15, 0.2) is 24.3 Å². The first-order chi connectivity index (χ1) is 21.6. The van der Waals surface area contributed by atoms with Crippen LogP contribution in [0.1, 0.15) is 188 Å². The lowest BCUT2D eigenvalue weighted by Gasteiger charge is -2.18. The molecule has 0 aliphatic rings. The van der Waals surface area contributed by atoms with Gasteiger partial charge in [-0.15, -0.1) is 0 Å². The Hall–Kier alpha value is -1.62. The first-order valence-corrected chi connectivity index (χ1v) is 18.9. The minimum Gasteiger partial charge on any atom is -0.462 e. The molecule has 258 valence electrons. The van der Waals surface area contributed by atoms with Crippen molar-refractivity contribution in [1.82, 2.24) is 0 Å². The number of hydrogen-bond acceptors (Lipinski definition) is 5. The van der Waals surface area contributed by atoms with Gasteiger partial charge in [-0.05, 0) is 51.4 Å². The van der Waals surface area contributed by atoms with Crippen molar-refractivity contribution in [3.8, 4) is 0 Å². The number of ether oxygens (including phenoxy) is 3. The third-order valence-corrected chi connectivity index (χ3v) is 7.99. The minimum absolute atomic E-state index is 0.0814. The second-order valence-electron chi connectivity index (χ2n) is 12.5. The Morgan fingerprint density at radius 3 is 1.55 bits per heavy atom. The highest BCUT2D eigenvalue weighted by molar-refractivity contribution is 5.70. The van der Waals surface area contributed by atoms with Crippen LogP contribution < -0.4 is 0 Å². The Morgan fingerprint density at radius 1 is 0.500 bits per heavy atom. The molecule has 5 heteroatoms. The van der Waals surface area contributed by atoms with Gasteiger partial charge in [-0.1, -0.05) is 148 Å². The summed E-state index contributed by atoms with van der Waals surface area (Å²) in [5.41, 5.74) is 0. The van der Waals surface area contributed by atoms with Crippen LogP contribution in [0.3, 0.4) is 0 Å². The summed E-state index contributed by atoms with van der Waals surface area (Å²) >= 11 is 0. The normalized spacial score (nSPS) is 12.3. The Morgan fingerprint density at radius 2 is 0.955 bits per heavy atom. The van der Waals surface area contributed by atoms with Gasteiger partial charge in [0.25, 0.3) is 0 Å². The SMILES string of the molecule is CCCCC/C=C\C/C=C\CCCCCCCC(=O)OCC(COCCCCCCCCCC)OC(=O)CCCCCCC. The summed E-state index contributed by atoms with van der Waals surface area (Å²) < 4.78 is 17.0. The van der Waals surface area contributed by atoms with Crippen LogP contribution >= 0.6 is 0 Å². The van der Waals surface area contributed by atoms with Gasteiger partial charge in [0.15, 0.2) is 6.10 Å². The van der Waals surface area contributed by atoms with Crippen LogP contribution in [0.5, 0.6) is 0 Å². The number of allylic oxidation sites excluding steroid dienone is 4. The molecule has 1 unspecified atom stereocenters. The standard InChI is InChI=1S/C39H72O5/c1-4-7-10-13-15-17-18-19-20-21-22-23-24-27-29-32-38(40)43-36-37(44-39(41)33-30-26-12-9-6-3)35-42-34-31-28-25-16-14-11-8-5-2/h15,17,19-20,37H,4-14,16,18,21-36H2,1-3H3/b17-15-,20-19-. The molecular formula is C39H72O5. The maximum atomic E-state index is 12.4. The molecule has 0 aromatic rings. The van der Waals surface area contributed by atoms with E-state index < -0.39 is 6.10 Å². The molecule has 0 radical (unpaired) electrons. The van der Waals surface area contributed by atoms with E-state index in [9.17, 15) is 9.59 Å². The molecular weight excluding hydrogens is 548 g/mol. The van der Waals surface area contributed by atoms with Crippen LogP contribution in [0.2, 0.25) is 0 Å². The lowest BCUT2D eigenvalue weighted by Crippen LogP contribution is -2.30. The summed E-state index contributed by atoms with van der Waals surface area (Å²) in [6.07, 6.45) is 37.6. The molecule has 0 fully saturated rings. The van der Waals surface area contributed by atoms with Gasteiger partial charge in [-0.2, -0.15) is 0 Å². The van der Waals surface area contributed by atoms with Gasteiger partial charge in [-0.3, -0.25) is 9.59 Å². The third-order valence-electron chi connectivity index (χ3n) is 7.99. The van der Waals surface area contributed by atoms with Gasteiger partial charge < -0.3 is 14.2 Å². The number of carbonyl (C=O) groups excluding carboxylic acids is 2. The number of hydrogen-bond donors (Lipinski definition) is 0. The summed E-state index contributed by atoms with van der Waals surface area (Å²) in [6, 6.07) is 0. The number of unbranched alkanes of at least 4 members (excludes halogenated alkanes) is 19. The zero-order chi connectivity index (χ0) is 32.2. The fourth-order valence-corrected chi connectivity index (χ4v) is 5.13. The number of carbonyl (C=O) groups is 2. The van der Waals surface area contributed by atoms with Gasteiger partial charge in [0, 0.05) is 19.4 Å². The molecule has 44 heavy (non-hydrogen) atoms. The predicted octanol–water partition coefficient (Wildman–Crippen LogP) is 11.8. The van der Waals surface area contributed by atoms with Gasteiger partial charge >= 0.3 is 11.9 Å². The van der Waals surface area contributed by atoms with Crippen molar-refractivity contribution in [2.75, 3.05) is 19.8 Å². The highest BCUT2D eigenvalue weighted by Gasteiger charge is 2.17. The summed E-state index contributed by atoms with van der Waals surface area (Å²) in [6.45, 7) is 7.69. The van der Waals surface area contributed by atoms with Crippen LogP contribution in [0.4, 0.5) is 0 Å². The van der Waals surface area contributed by atoms with Crippen molar-refractivity contribution < 1.29 is 23.8 Å². The lowest BCUT2D eigenvalue weighted by atomic mass is 10.1. The Bertz CT molecular complexity index is 671. The van der Waals surface area contributed by atoms with E-state index in [2.05, 4.69) is 45.1 Å². The molecule has 0 saturated heterocycles. The van der Waals surface area contributed by atoms with Gasteiger partial charge in [-0.25, -0.2) is 0 Å². The number of esters is 2. The molecule has 0 aliphatic carbocycles. The Balaban J connectivity index is 4.10. The largest absolute Gasteiger partial charge is 0.462 e. The Kier molecular flexibility index (Phi) is 34.5. The van der Waals surface area contributed by atoms with E-state index in [4.69, 9.17) is 14.2 Å². The summed E-state index contributed by atoms with van der Waals surface area (Å²) in [7, 11) is 0. The third kappa shape index (κ3) is 33.3. The van der Waals surface area contributed by atoms with Crippen molar-refractivity contribution in [2.45, 2.75) is 194 Å². The molecule has 1 atom stereocenters. The molecule has 0 saturated carbocycles. The van der Waals surface area contributed by atoms with E-state index in [0.717, 1.165) is 64.2 Å². The van der Waals surface area contributed by atoms with E-state index >= 15 is 0 Å². The molecule has 0 N–H and O–H groups in total. The van der Waals surface area contributed by atoms with Crippen molar-refractivity contribution >= 4 is 11.9 Å². The van der Waals surface area contributed by atoms with E-state index in [1.165, 1.54) is 89.9 Å². The molecule has 0 bridgehead atoms. The second-order valence-corrected chi connectivity index (χ2v) is 12.5. The monoisotopic (exact) mass is 621 g/mol. The maximum Gasteiger partial charge on any atom is 0.306 e. The van der Waals surface area contributed by atoms with E-state index in [-0.39, 0.29) is 25.2 Å². The fourth-order valence-electron chi connectivity index (χ4n) is 5.13. The predicted molar refractivity (Wildman–Crippen MR) is 187 cm³/mol. The zero-order valence-corrected chi connectivity index (χ0v) is 29.4. The molecule has 0 heterocycles. The van der Waals surface area contributed by atoms with Gasteiger partial charge in [0.2, 0.25) is 0 Å². The van der Waals surface area contributed by atoms with Crippen molar-refractivity contribution in [2.24, 2.45) is 0 Å². The van der Waals surface area contributed by atoms with Crippen LogP contribution in [0, 0.1) is 0 Å². The molecule has 0 aliphatic heterocycles. The first kappa shape index (κ1) is 42.4. The van der Waals surface area contributed by atoms with Crippen LogP contribution in [0.25, 0.3) is 0 Å². The van der Waals surface area contributed by atoms with E-state index in [0.29, 0.717) is 19.4 Å². The van der Waals surface area contributed by atoms with Gasteiger partial charge in [0.05, 0.1) is 6.61 Å². The highest BCUT2D eigenvalue weighted by Crippen LogP contribution is 2.12. The molecule has 0 rings (SSSR count). The summed E-state index contributed by atoms with van der Waals surface area (Å²) in [4.78, 5) is 24.8. The quantitative estimate of drug-likeness (QED) is 0.0407. The van der Waals surface area contributed by atoms with Crippen molar-refractivity contribution in [3.63, 3.8) is 0 Å². The van der Waals surface area contributed by atoms with E-state index in [1.807, 2.05) is 0 Å². The number of rotatable bonds is 34. The fraction of sp³-hybridized carbons (Fsp3) is 0.846. The lowest BCUT2D eigenvalue weighted by molar-refractivity contribution is -0.163. The Labute approximate surface area is 273 Å². The zero-order valence-electron chi connectivity index (χ0n) is 29.4.